The van der Waals surface area contributed by atoms with Crippen molar-refractivity contribution in [3.8, 4) is 0 Å². The largest absolute Gasteiger partial charge is 0.465 e. The number of hydrogen-bond acceptors (Lipinski definition) is 6. The van der Waals surface area contributed by atoms with Gasteiger partial charge in [-0.15, -0.1) is 0 Å². The Morgan fingerprint density at radius 3 is 3.05 bits per heavy atom. The number of carbonyl (C=O) groups excluding carboxylic acids is 1. The molecule has 1 unspecified atom stereocenters. The minimum atomic E-state index is -0.485. The van der Waals surface area contributed by atoms with Crippen molar-refractivity contribution in [3.63, 3.8) is 0 Å². The first-order valence-corrected chi connectivity index (χ1v) is 6.85. The molecule has 0 aromatic carbocycles. The first kappa shape index (κ1) is 13.8. The fourth-order valence-electron chi connectivity index (χ4n) is 1.56. The summed E-state index contributed by atoms with van der Waals surface area (Å²) in [4.78, 5) is 23.1. The maximum absolute atomic E-state index is 11.4. The molecule has 0 amide bonds. The van der Waals surface area contributed by atoms with E-state index >= 15 is 0 Å². The topological polar surface area (TPSA) is 79.9 Å². The van der Waals surface area contributed by atoms with Gasteiger partial charge in [-0.2, -0.15) is 0 Å². The van der Waals surface area contributed by atoms with Crippen LogP contribution >= 0.6 is 22.9 Å². The molecular weight excluding hydrogens is 288 g/mol. The number of rotatable bonds is 5. The molecule has 0 aliphatic carbocycles. The molecule has 0 spiro atoms. The van der Waals surface area contributed by atoms with Crippen LogP contribution in [0.2, 0.25) is 5.15 Å². The first-order valence-electron chi connectivity index (χ1n) is 5.66. The molecule has 0 bridgehead atoms. The van der Waals surface area contributed by atoms with E-state index in [1.54, 1.807) is 12.4 Å². The van der Waals surface area contributed by atoms with Crippen LogP contribution in [0.1, 0.15) is 34.9 Å². The standard InChI is InChI=1S/C11H13ClN4O2S/c1-3-6(9-13-4-5-14-9)15-11-16-8(12)7(19-11)10(17)18-2/h4-6H,3H2,1-2H3,(H,13,14)(H,15,16). The monoisotopic (exact) mass is 300 g/mol. The SMILES string of the molecule is CCC(Nc1nc(Cl)c(C(=O)OC)s1)c1ncc[nH]1. The van der Waals surface area contributed by atoms with Crippen LogP contribution in [-0.2, 0) is 4.74 Å². The molecule has 2 heterocycles. The number of anilines is 1. The lowest BCUT2D eigenvalue weighted by Gasteiger charge is -2.13. The van der Waals surface area contributed by atoms with Crippen LogP contribution in [0, 0.1) is 0 Å². The summed E-state index contributed by atoms with van der Waals surface area (Å²) in [6.45, 7) is 2.02. The Morgan fingerprint density at radius 1 is 1.68 bits per heavy atom. The third kappa shape index (κ3) is 3.05. The van der Waals surface area contributed by atoms with E-state index in [-0.39, 0.29) is 11.2 Å². The number of ether oxygens (including phenoxy) is 1. The molecule has 2 aromatic rings. The van der Waals surface area contributed by atoms with Gasteiger partial charge in [0.1, 0.15) is 5.82 Å². The highest BCUT2D eigenvalue weighted by atomic mass is 35.5. The van der Waals surface area contributed by atoms with Gasteiger partial charge in [-0.1, -0.05) is 29.9 Å². The number of nitrogens with one attached hydrogen (secondary N) is 2. The number of carbonyl (C=O) groups is 1. The van der Waals surface area contributed by atoms with E-state index in [9.17, 15) is 4.79 Å². The molecule has 0 saturated carbocycles. The Hall–Kier alpha value is -1.60. The summed E-state index contributed by atoms with van der Waals surface area (Å²) < 4.78 is 4.63. The second-order valence-electron chi connectivity index (χ2n) is 3.71. The number of methoxy groups -OCH3 is 1. The minimum absolute atomic E-state index is 0.0114. The Morgan fingerprint density at radius 2 is 2.47 bits per heavy atom. The lowest BCUT2D eigenvalue weighted by Crippen LogP contribution is -2.11. The van der Waals surface area contributed by atoms with Crippen LogP contribution in [0.4, 0.5) is 5.13 Å². The number of esters is 1. The normalized spacial score (nSPS) is 12.2. The van der Waals surface area contributed by atoms with Crippen molar-refractivity contribution in [3.05, 3.63) is 28.2 Å². The molecule has 19 heavy (non-hydrogen) atoms. The Labute approximate surface area is 119 Å². The van der Waals surface area contributed by atoms with Crippen molar-refractivity contribution in [2.45, 2.75) is 19.4 Å². The van der Waals surface area contributed by atoms with Crippen LogP contribution in [0.25, 0.3) is 0 Å². The fraction of sp³-hybridized carbons (Fsp3) is 0.364. The van der Waals surface area contributed by atoms with Crippen LogP contribution < -0.4 is 5.32 Å². The highest BCUT2D eigenvalue weighted by molar-refractivity contribution is 7.18. The first-order chi connectivity index (χ1) is 9.15. The van der Waals surface area contributed by atoms with Gasteiger partial charge >= 0.3 is 5.97 Å². The van der Waals surface area contributed by atoms with Gasteiger partial charge in [0.05, 0.1) is 13.2 Å². The number of thiazole rings is 1. The average Bonchev–Trinajstić information content (AvgIpc) is 3.04. The zero-order valence-corrected chi connectivity index (χ0v) is 12.0. The van der Waals surface area contributed by atoms with E-state index in [0.29, 0.717) is 10.0 Å². The van der Waals surface area contributed by atoms with E-state index in [2.05, 4.69) is 25.0 Å². The van der Waals surface area contributed by atoms with Crippen LogP contribution in [0.5, 0.6) is 0 Å². The minimum Gasteiger partial charge on any atom is -0.465 e. The number of hydrogen-bond donors (Lipinski definition) is 2. The van der Waals surface area contributed by atoms with E-state index in [4.69, 9.17) is 11.6 Å². The highest BCUT2D eigenvalue weighted by Gasteiger charge is 2.19. The lowest BCUT2D eigenvalue weighted by molar-refractivity contribution is 0.0606. The van der Waals surface area contributed by atoms with Crippen LogP contribution in [0.15, 0.2) is 12.4 Å². The second-order valence-corrected chi connectivity index (χ2v) is 5.07. The van der Waals surface area contributed by atoms with E-state index < -0.39 is 5.97 Å². The Balaban J connectivity index is 2.17. The van der Waals surface area contributed by atoms with Gasteiger partial charge in [0.2, 0.25) is 0 Å². The molecule has 0 fully saturated rings. The number of aromatic amines is 1. The summed E-state index contributed by atoms with van der Waals surface area (Å²) in [5.74, 6) is 0.329. The summed E-state index contributed by atoms with van der Waals surface area (Å²) >= 11 is 7.07. The van der Waals surface area contributed by atoms with Crippen molar-refractivity contribution in [1.29, 1.82) is 0 Å². The summed E-state index contributed by atoms with van der Waals surface area (Å²) in [6, 6.07) is -0.0114. The maximum atomic E-state index is 11.4. The molecule has 6 nitrogen and oxygen atoms in total. The van der Waals surface area contributed by atoms with Gasteiger partial charge in [0, 0.05) is 12.4 Å². The lowest BCUT2D eigenvalue weighted by atomic mass is 10.2. The van der Waals surface area contributed by atoms with Crippen LogP contribution in [0.3, 0.4) is 0 Å². The molecule has 0 aliphatic rings. The second kappa shape index (κ2) is 6.03. The van der Waals surface area contributed by atoms with Crippen molar-refractivity contribution in [2.75, 3.05) is 12.4 Å². The summed E-state index contributed by atoms with van der Waals surface area (Å²) in [6.07, 6.45) is 4.26. The van der Waals surface area contributed by atoms with E-state index in [1.165, 1.54) is 7.11 Å². The molecule has 0 aliphatic heterocycles. The smallest absolute Gasteiger partial charge is 0.351 e. The number of aromatic nitrogens is 3. The maximum Gasteiger partial charge on any atom is 0.351 e. The molecular formula is C11H13ClN4O2S. The molecule has 8 heteroatoms. The molecule has 0 saturated heterocycles. The highest BCUT2D eigenvalue weighted by Crippen LogP contribution is 2.30. The number of H-pyrrole nitrogens is 1. The van der Waals surface area contributed by atoms with Gasteiger partial charge in [0.15, 0.2) is 15.2 Å². The van der Waals surface area contributed by atoms with Crippen molar-refractivity contribution < 1.29 is 9.53 Å². The number of halogens is 1. The molecule has 102 valence electrons. The van der Waals surface area contributed by atoms with Gasteiger partial charge in [-0.05, 0) is 6.42 Å². The summed E-state index contributed by atoms with van der Waals surface area (Å²) in [5, 5.41) is 3.90. The quantitative estimate of drug-likeness (QED) is 0.830. The van der Waals surface area contributed by atoms with E-state index in [1.807, 2.05) is 6.92 Å². The predicted octanol–water partition coefficient (Wildman–Crippen LogP) is 2.87. The zero-order chi connectivity index (χ0) is 13.8. The number of nitrogens with zero attached hydrogens (tertiary/aromatic N) is 2. The number of imidazole rings is 1. The van der Waals surface area contributed by atoms with E-state index in [0.717, 1.165) is 23.6 Å². The third-order valence-electron chi connectivity index (χ3n) is 2.51. The van der Waals surface area contributed by atoms with Gasteiger partial charge in [-0.3, -0.25) is 0 Å². The molecule has 2 N–H and O–H groups in total. The van der Waals surface area contributed by atoms with Crippen LogP contribution in [-0.4, -0.2) is 28.0 Å². The Kier molecular flexibility index (Phi) is 4.39. The molecule has 0 radical (unpaired) electrons. The summed E-state index contributed by atoms with van der Waals surface area (Å²) in [7, 11) is 1.31. The third-order valence-corrected chi connectivity index (χ3v) is 3.86. The molecule has 2 aromatic heterocycles. The average molecular weight is 301 g/mol. The van der Waals surface area contributed by atoms with Gasteiger partial charge in [-0.25, -0.2) is 14.8 Å². The van der Waals surface area contributed by atoms with Crippen molar-refractivity contribution in [2.24, 2.45) is 0 Å². The van der Waals surface area contributed by atoms with Crippen molar-refractivity contribution in [1.82, 2.24) is 15.0 Å². The Bertz CT molecular complexity index is 555. The predicted molar refractivity (Wildman–Crippen MR) is 73.7 cm³/mol. The molecule has 2 rings (SSSR count). The fourth-order valence-corrected chi connectivity index (χ4v) is 2.72. The molecule has 1 atom stereocenters. The van der Waals surface area contributed by atoms with Gasteiger partial charge in [0.25, 0.3) is 0 Å². The van der Waals surface area contributed by atoms with Gasteiger partial charge < -0.3 is 15.0 Å². The van der Waals surface area contributed by atoms with Crippen molar-refractivity contribution >= 4 is 34.0 Å². The zero-order valence-electron chi connectivity index (χ0n) is 10.4. The summed E-state index contributed by atoms with van der Waals surface area (Å²) in [5.41, 5.74) is 0.